The minimum Gasteiger partial charge on any atom is -0.328 e. The summed E-state index contributed by atoms with van der Waals surface area (Å²) < 4.78 is 0. The molecule has 126 valence electrons. The van der Waals surface area contributed by atoms with E-state index in [1.807, 2.05) is 38.1 Å². The van der Waals surface area contributed by atoms with Crippen molar-refractivity contribution in [2.75, 3.05) is 20.6 Å². The Morgan fingerprint density at radius 3 is 2.96 bits per heavy atom. The Morgan fingerprint density at radius 2 is 2.21 bits per heavy atom. The highest BCUT2D eigenvalue weighted by molar-refractivity contribution is 5.94. The summed E-state index contributed by atoms with van der Waals surface area (Å²) >= 11 is 0. The summed E-state index contributed by atoms with van der Waals surface area (Å²) in [6, 6.07) is 3.75. The quantitative estimate of drug-likeness (QED) is 0.862. The Hall–Kier alpha value is -2.34. The van der Waals surface area contributed by atoms with E-state index in [0.717, 1.165) is 43.0 Å². The van der Waals surface area contributed by atoms with E-state index >= 15 is 0 Å². The van der Waals surface area contributed by atoms with Crippen LogP contribution in [0.3, 0.4) is 0 Å². The van der Waals surface area contributed by atoms with Crippen LogP contribution in [0.5, 0.6) is 0 Å². The van der Waals surface area contributed by atoms with Gasteiger partial charge in [-0.3, -0.25) is 9.78 Å². The van der Waals surface area contributed by atoms with Crippen molar-refractivity contribution in [3.05, 3.63) is 53.4 Å². The second kappa shape index (κ2) is 7.05. The molecule has 1 aliphatic rings. The van der Waals surface area contributed by atoms with Crippen LogP contribution in [0.1, 0.15) is 46.3 Å². The van der Waals surface area contributed by atoms with E-state index in [9.17, 15) is 4.79 Å². The minimum absolute atomic E-state index is 0.00955. The molecule has 2 aromatic rings. The maximum atomic E-state index is 12.9. The smallest absolute Gasteiger partial charge is 0.256 e. The predicted molar refractivity (Wildman–Crippen MR) is 91.4 cm³/mol. The first-order chi connectivity index (χ1) is 11.5. The number of aromatic nitrogens is 3. The van der Waals surface area contributed by atoms with Gasteiger partial charge in [-0.2, -0.15) is 0 Å². The first-order valence-electron chi connectivity index (χ1n) is 8.24. The zero-order valence-electron chi connectivity index (χ0n) is 14.4. The molecule has 3 rings (SSSR count). The molecular formula is C18H23N5O. The summed E-state index contributed by atoms with van der Waals surface area (Å²) in [6.45, 7) is 3.44. The third kappa shape index (κ3) is 3.59. The van der Waals surface area contributed by atoms with Crippen molar-refractivity contribution < 1.29 is 4.79 Å². The van der Waals surface area contributed by atoms with E-state index in [1.165, 1.54) is 0 Å². The van der Waals surface area contributed by atoms with E-state index in [2.05, 4.69) is 19.9 Å². The van der Waals surface area contributed by atoms with Crippen molar-refractivity contribution >= 4 is 5.91 Å². The lowest BCUT2D eigenvalue weighted by atomic mass is 10.1. The van der Waals surface area contributed by atoms with Crippen molar-refractivity contribution in [3.63, 3.8) is 0 Å². The number of likely N-dealkylation sites (tertiary alicyclic amines) is 1. The number of amides is 1. The molecular weight excluding hydrogens is 302 g/mol. The van der Waals surface area contributed by atoms with Gasteiger partial charge < -0.3 is 9.80 Å². The lowest BCUT2D eigenvalue weighted by molar-refractivity contribution is 0.0729. The number of hydrogen-bond acceptors (Lipinski definition) is 5. The first kappa shape index (κ1) is 16.5. The second-order valence-corrected chi connectivity index (χ2v) is 6.55. The van der Waals surface area contributed by atoms with E-state index in [4.69, 9.17) is 0 Å². The number of rotatable bonds is 4. The maximum Gasteiger partial charge on any atom is 0.256 e. The van der Waals surface area contributed by atoms with Crippen molar-refractivity contribution in [2.45, 2.75) is 32.4 Å². The van der Waals surface area contributed by atoms with Crippen LogP contribution >= 0.6 is 0 Å². The van der Waals surface area contributed by atoms with Crippen LogP contribution in [0.2, 0.25) is 0 Å². The third-order valence-corrected chi connectivity index (χ3v) is 4.14. The van der Waals surface area contributed by atoms with Crippen molar-refractivity contribution in [1.82, 2.24) is 24.8 Å². The summed E-state index contributed by atoms with van der Waals surface area (Å²) in [7, 11) is 4.02. The van der Waals surface area contributed by atoms with Gasteiger partial charge in [0.15, 0.2) is 5.82 Å². The largest absolute Gasteiger partial charge is 0.328 e. The molecule has 0 bridgehead atoms. The molecule has 24 heavy (non-hydrogen) atoms. The highest BCUT2D eigenvalue weighted by Gasteiger charge is 2.32. The number of carbonyl (C=O) groups is 1. The Bertz CT molecular complexity index is 731. The molecule has 0 spiro atoms. The van der Waals surface area contributed by atoms with Crippen LogP contribution in [0, 0.1) is 6.92 Å². The average molecular weight is 325 g/mol. The van der Waals surface area contributed by atoms with Gasteiger partial charge in [0, 0.05) is 31.7 Å². The number of pyridine rings is 1. The summed E-state index contributed by atoms with van der Waals surface area (Å²) in [4.78, 5) is 30.1. The molecule has 0 radical (unpaired) electrons. The van der Waals surface area contributed by atoms with Crippen molar-refractivity contribution in [3.8, 4) is 0 Å². The fraction of sp³-hybridized carbons (Fsp3) is 0.444. The van der Waals surface area contributed by atoms with Gasteiger partial charge in [-0.1, -0.05) is 0 Å². The molecule has 0 unspecified atom stereocenters. The molecule has 1 atom stereocenters. The van der Waals surface area contributed by atoms with Crippen LogP contribution in [-0.4, -0.2) is 51.3 Å². The van der Waals surface area contributed by atoms with Crippen LogP contribution < -0.4 is 0 Å². The molecule has 1 aliphatic heterocycles. The van der Waals surface area contributed by atoms with E-state index < -0.39 is 0 Å². The Labute approximate surface area is 142 Å². The standard InChI is InChI=1S/C18H23N5O/c1-13-9-14(11-19-10-13)18(24)23-8-4-5-16(23)17-20-7-6-15(21-17)12-22(2)3/h6-7,9-11,16H,4-5,8,12H2,1-3H3/t16-/m0/s1. The Balaban J connectivity index is 1.84. The SMILES string of the molecule is Cc1cncc(C(=O)N2CCC[C@H]2c2nccc(CN(C)C)n2)c1. The normalized spacial score (nSPS) is 17.5. The van der Waals surface area contributed by atoms with Gasteiger partial charge in [0.2, 0.25) is 0 Å². The van der Waals surface area contributed by atoms with Crippen LogP contribution in [-0.2, 0) is 6.54 Å². The Kier molecular flexibility index (Phi) is 4.85. The molecule has 0 aromatic carbocycles. The second-order valence-electron chi connectivity index (χ2n) is 6.55. The van der Waals surface area contributed by atoms with Crippen LogP contribution in [0.25, 0.3) is 0 Å². The summed E-state index contributed by atoms with van der Waals surface area (Å²) in [5.41, 5.74) is 2.59. The molecule has 3 heterocycles. The van der Waals surface area contributed by atoms with Gasteiger partial charge in [-0.15, -0.1) is 0 Å². The molecule has 0 N–H and O–H groups in total. The average Bonchev–Trinajstić information content (AvgIpc) is 3.03. The molecule has 2 aromatic heterocycles. The number of nitrogens with zero attached hydrogens (tertiary/aromatic N) is 5. The van der Waals surface area contributed by atoms with Crippen LogP contribution in [0.4, 0.5) is 0 Å². The lowest BCUT2D eigenvalue weighted by Gasteiger charge is -2.24. The fourth-order valence-electron chi connectivity index (χ4n) is 3.10. The number of aryl methyl sites for hydroxylation is 1. The zero-order chi connectivity index (χ0) is 17.1. The number of carbonyl (C=O) groups excluding carboxylic acids is 1. The monoisotopic (exact) mass is 325 g/mol. The molecule has 1 fully saturated rings. The van der Waals surface area contributed by atoms with E-state index in [0.29, 0.717) is 5.56 Å². The molecule has 0 aliphatic carbocycles. The maximum absolute atomic E-state index is 12.9. The van der Waals surface area contributed by atoms with Gasteiger partial charge in [0.05, 0.1) is 17.3 Å². The topological polar surface area (TPSA) is 62.2 Å². The van der Waals surface area contributed by atoms with Crippen molar-refractivity contribution in [2.24, 2.45) is 0 Å². The molecule has 6 heteroatoms. The summed E-state index contributed by atoms with van der Waals surface area (Å²) in [6.07, 6.45) is 7.05. The van der Waals surface area contributed by atoms with Gasteiger partial charge in [-0.25, -0.2) is 9.97 Å². The minimum atomic E-state index is -0.0554. The first-order valence-corrected chi connectivity index (χ1v) is 8.24. The third-order valence-electron chi connectivity index (χ3n) is 4.14. The van der Waals surface area contributed by atoms with Crippen molar-refractivity contribution in [1.29, 1.82) is 0 Å². The lowest BCUT2D eigenvalue weighted by Crippen LogP contribution is -2.31. The van der Waals surface area contributed by atoms with Gasteiger partial charge >= 0.3 is 0 Å². The zero-order valence-corrected chi connectivity index (χ0v) is 14.4. The van der Waals surface area contributed by atoms with E-state index in [1.54, 1.807) is 18.6 Å². The molecule has 0 saturated carbocycles. The molecule has 1 amide bonds. The number of hydrogen-bond donors (Lipinski definition) is 0. The van der Waals surface area contributed by atoms with Gasteiger partial charge in [0.1, 0.15) is 0 Å². The van der Waals surface area contributed by atoms with Gasteiger partial charge in [-0.05, 0) is 51.6 Å². The van der Waals surface area contributed by atoms with Gasteiger partial charge in [0.25, 0.3) is 5.91 Å². The molecule has 1 saturated heterocycles. The Morgan fingerprint density at radius 1 is 1.38 bits per heavy atom. The van der Waals surface area contributed by atoms with Crippen LogP contribution in [0.15, 0.2) is 30.7 Å². The van der Waals surface area contributed by atoms with E-state index in [-0.39, 0.29) is 11.9 Å². The summed E-state index contributed by atoms with van der Waals surface area (Å²) in [5.74, 6) is 0.746. The highest BCUT2D eigenvalue weighted by Crippen LogP contribution is 2.31. The predicted octanol–water partition coefficient (Wildman–Crippen LogP) is 2.22. The molecule has 6 nitrogen and oxygen atoms in total. The summed E-state index contributed by atoms with van der Waals surface area (Å²) in [5, 5.41) is 0. The fourth-order valence-corrected chi connectivity index (χ4v) is 3.10. The highest BCUT2D eigenvalue weighted by atomic mass is 16.2.